The molecule has 0 aromatic heterocycles. The summed E-state index contributed by atoms with van der Waals surface area (Å²) in [6.07, 6.45) is -0.594. The highest BCUT2D eigenvalue weighted by Gasteiger charge is 2.15. The van der Waals surface area contributed by atoms with Crippen molar-refractivity contribution >= 4 is 17.5 Å². The highest BCUT2D eigenvalue weighted by molar-refractivity contribution is 5.96. The molecule has 0 heterocycles. The van der Waals surface area contributed by atoms with E-state index in [4.69, 9.17) is 0 Å². The minimum atomic E-state index is -0.656. The number of hydrogen-bond donors (Lipinski definition) is 3. The molecule has 3 N–H and O–H groups in total. The van der Waals surface area contributed by atoms with Gasteiger partial charge in [-0.25, -0.2) is 0 Å². The zero-order valence-corrected chi connectivity index (χ0v) is 13.9. The predicted octanol–water partition coefficient (Wildman–Crippen LogP) is 2.48. The molecule has 1 atom stereocenters. The first kappa shape index (κ1) is 18.2. The summed E-state index contributed by atoms with van der Waals surface area (Å²) in [5, 5.41) is 15.3. The predicted molar refractivity (Wildman–Crippen MR) is 87.9 cm³/mol. The molecule has 1 aromatic carbocycles. The van der Waals surface area contributed by atoms with E-state index in [2.05, 4.69) is 10.6 Å². The van der Waals surface area contributed by atoms with E-state index in [1.807, 2.05) is 34.6 Å². The average molecular weight is 306 g/mol. The lowest BCUT2D eigenvalue weighted by molar-refractivity contribution is -0.118. The number of carbonyl (C=O) groups is 2. The number of carbonyl (C=O) groups excluding carboxylic acids is 2. The summed E-state index contributed by atoms with van der Waals surface area (Å²) in [4.78, 5) is 23.8. The van der Waals surface area contributed by atoms with Crippen LogP contribution in [0.4, 0.5) is 5.69 Å². The Morgan fingerprint density at radius 1 is 1.18 bits per heavy atom. The molecule has 0 saturated heterocycles. The number of aliphatic hydroxyl groups is 1. The van der Waals surface area contributed by atoms with E-state index in [1.165, 1.54) is 0 Å². The molecule has 0 fully saturated rings. The fourth-order valence-corrected chi connectivity index (χ4v) is 1.92. The molecule has 0 bridgehead atoms. The van der Waals surface area contributed by atoms with E-state index in [-0.39, 0.29) is 30.2 Å². The molecular weight excluding hydrogens is 280 g/mol. The first-order valence-corrected chi connectivity index (χ1v) is 7.60. The molecule has 2 amide bonds. The zero-order valence-electron chi connectivity index (χ0n) is 13.9. The number of amides is 2. The molecule has 1 unspecified atom stereocenters. The third-order valence-corrected chi connectivity index (χ3v) is 3.35. The van der Waals surface area contributed by atoms with Gasteiger partial charge in [-0.15, -0.1) is 0 Å². The highest BCUT2D eigenvalue weighted by atomic mass is 16.3. The van der Waals surface area contributed by atoms with Crippen LogP contribution in [0.3, 0.4) is 0 Å². The fraction of sp³-hybridized carbons (Fsp3) is 0.529. The van der Waals surface area contributed by atoms with Crippen molar-refractivity contribution in [1.29, 1.82) is 0 Å². The SMILES string of the molecule is Cc1cc(C(=O)NC(C)C)ccc1NC(=O)CC(O)C(C)C. The monoisotopic (exact) mass is 306 g/mol. The van der Waals surface area contributed by atoms with Crippen LogP contribution in [0.5, 0.6) is 0 Å². The number of aliphatic hydroxyl groups excluding tert-OH is 1. The minimum absolute atomic E-state index is 0.0361. The molecule has 0 aliphatic rings. The third-order valence-electron chi connectivity index (χ3n) is 3.35. The molecule has 5 heteroatoms. The molecule has 0 saturated carbocycles. The summed E-state index contributed by atoms with van der Waals surface area (Å²) in [7, 11) is 0. The van der Waals surface area contributed by atoms with Crippen LogP contribution in [0.2, 0.25) is 0 Å². The summed E-state index contributed by atoms with van der Waals surface area (Å²) in [6, 6.07) is 5.21. The van der Waals surface area contributed by atoms with Crippen LogP contribution in [0.25, 0.3) is 0 Å². The molecule has 1 rings (SSSR count). The van der Waals surface area contributed by atoms with Crippen molar-refractivity contribution in [3.63, 3.8) is 0 Å². The maximum Gasteiger partial charge on any atom is 0.251 e. The maximum absolute atomic E-state index is 11.9. The Hall–Kier alpha value is -1.88. The normalized spacial score (nSPS) is 12.4. The lowest BCUT2D eigenvalue weighted by Gasteiger charge is -2.15. The maximum atomic E-state index is 11.9. The van der Waals surface area contributed by atoms with E-state index in [9.17, 15) is 14.7 Å². The summed E-state index contributed by atoms with van der Waals surface area (Å²) in [5.74, 6) is -0.330. The van der Waals surface area contributed by atoms with Gasteiger partial charge >= 0.3 is 0 Å². The number of aryl methyl sites for hydroxylation is 1. The second kappa shape index (κ2) is 7.94. The van der Waals surface area contributed by atoms with Crippen LogP contribution in [-0.4, -0.2) is 29.1 Å². The van der Waals surface area contributed by atoms with Crippen molar-refractivity contribution in [2.75, 3.05) is 5.32 Å². The Kier molecular flexibility index (Phi) is 6.56. The molecule has 5 nitrogen and oxygen atoms in total. The first-order chi connectivity index (χ1) is 10.2. The lowest BCUT2D eigenvalue weighted by atomic mass is 10.0. The molecular formula is C17H26N2O3. The fourth-order valence-electron chi connectivity index (χ4n) is 1.92. The minimum Gasteiger partial charge on any atom is -0.392 e. The van der Waals surface area contributed by atoms with Crippen LogP contribution in [0.15, 0.2) is 18.2 Å². The largest absolute Gasteiger partial charge is 0.392 e. The summed E-state index contributed by atoms with van der Waals surface area (Å²) < 4.78 is 0. The van der Waals surface area contributed by atoms with Gasteiger partial charge in [0.2, 0.25) is 5.91 Å². The van der Waals surface area contributed by atoms with Crippen LogP contribution >= 0.6 is 0 Å². The molecule has 0 spiro atoms. The van der Waals surface area contributed by atoms with Crippen LogP contribution in [0.1, 0.15) is 50.0 Å². The van der Waals surface area contributed by atoms with Gasteiger partial charge in [0.1, 0.15) is 0 Å². The molecule has 22 heavy (non-hydrogen) atoms. The zero-order chi connectivity index (χ0) is 16.9. The van der Waals surface area contributed by atoms with Crippen LogP contribution in [0, 0.1) is 12.8 Å². The smallest absolute Gasteiger partial charge is 0.251 e. The van der Waals surface area contributed by atoms with Crippen LogP contribution in [-0.2, 0) is 4.79 Å². The Bertz CT molecular complexity index is 539. The quantitative estimate of drug-likeness (QED) is 0.755. The Labute approximate surface area is 132 Å². The van der Waals surface area contributed by atoms with Crippen molar-refractivity contribution in [3.8, 4) is 0 Å². The van der Waals surface area contributed by atoms with Gasteiger partial charge in [-0.3, -0.25) is 9.59 Å². The van der Waals surface area contributed by atoms with Gasteiger partial charge in [0.15, 0.2) is 0 Å². The Morgan fingerprint density at radius 3 is 2.32 bits per heavy atom. The average Bonchev–Trinajstić information content (AvgIpc) is 2.39. The van der Waals surface area contributed by atoms with Gasteiger partial charge in [0.25, 0.3) is 5.91 Å². The molecule has 122 valence electrons. The number of benzene rings is 1. The van der Waals surface area contributed by atoms with Gasteiger partial charge in [-0.05, 0) is 50.5 Å². The Balaban J connectivity index is 2.74. The van der Waals surface area contributed by atoms with Gasteiger partial charge < -0.3 is 15.7 Å². The van der Waals surface area contributed by atoms with Gasteiger partial charge in [0, 0.05) is 17.3 Å². The number of nitrogens with one attached hydrogen (secondary N) is 2. The number of hydrogen-bond acceptors (Lipinski definition) is 3. The van der Waals surface area contributed by atoms with Crippen molar-refractivity contribution in [2.24, 2.45) is 5.92 Å². The van der Waals surface area contributed by atoms with E-state index < -0.39 is 6.10 Å². The molecule has 0 aliphatic carbocycles. The standard InChI is InChI=1S/C17H26N2O3/c1-10(2)15(20)9-16(21)19-14-7-6-13(8-12(14)5)17(22)18-11(3)4/h6-8,10-11,15,20H,9H2,1-5H3,(H,18,22)(H,19,21). The second-order valence-corrected chi connectivity index (χ2v) is 6.22. The van der Waals surface area contributed by atoms with Crippen molar-refractivity contribution in [2.45, 2.75) is 53.2 Å². The van der Waals surface area contributed by atoms with E-state index >= 15 is 0 Å². The molecule has 0 radical (unpaired) electrons. The Morgan fingerprint density at radius 2 is 1.82 bits per heavy atom. The molecule has 1 aromatic rings. The summed E-state index contributed by atoms with van der Waals surface area (Å²) in [6.45, 7) is 9.37. The number of rotatable bonds is 6. The van der Waals surface area contributed by atoms with Gasteiger partial charge in [0.05, 0.1) is 12.5 Å². The van der Waals surface area contributed by atoms with E-state index in [0.29, 0.717) is 11.3 Å². The first-order valence-electron chi connectivity index (χ1n) is 7.60. The van der Waals surface area contributed by atoms with E-state index in [1.54, 1.807) is 18.2 Å². The molecule has 0 aliphatic heterocycles. The van der Waals surface area contributed by atoms with Crippen LogP contribution < -0.4 is 10.6 Å². The highest BCUT2D eigenvalue weighted by Crippen LogP contribution is 2.18. The summed E-state index contributed by atoms with van der Waals surface area (Å²) >= 11 is 0. The van der Waals surface area contributed by atoms with Crippen molar-refractivity contribution in [3.05, 3.63) is 29.3 Å². The second-order valence-electron chi connectivity index (χ2n) is 6.22. The van der Waals surface area contributed by atoms with Crippen molar-refractivity contribution in [1.82, 2.24) is 5.32 Å². The van der Waals surface area contributed by atoms with Gasteiger partial charge in [-0.2, -0.15) is 0 Å². The lowest BCUT2D eigenvalue weighted by Crippen LogP contribution is -2.30. The third kappa shape index (κ3) is 5.48. The van der Waals surface area contributed by atoms with E-state index in [0.717, 1.165) is 5.56 Å². The number of anilines is 1. The topological polar surface area (TPSA) is 78.4 Å². The van der Waals surface area contributed by atoms with Gasteiger partial charge in [-0.1, -0.05) is 13.8 Å². The summed E-state index contributed by atoms with van der Waals surface area (Å²) in [5.41, 5.74) is 2.03. The van der Waals surface area contributed by atoms with Crippen molar-refractivity contribution < 1.29 is 14.7 Å².